The lowest BCUT2D eigenvalue weighted by molar-refractivity contribution is -0.417. The van der Waals surface area contributed by atoms with Crippen LogP contribution in [-0.2, 0) is 0 Å². The number of carbonyl (C=O) groups is 2. The molecular weight excluding hydrogens is 216 g/mol. The summed E-state index contributed by atoms with van der Waals surface area (Å²) in [5, 5.41) is 33.3. The zero-order chi connectivity index (χ0) is 14.0. The monoisotopic (exact) mass is 236 g/mol. The highest BCUT2D eigenvalue weighted by molar-refractivity contribution is 5.47. The number of carboxylic acid groups (broad SMARTS) is 4. The van der Waals surface area contributed by atoms with Gasteiger partial charge in [-0.05, 0) is 12.3 Å². The molecule has 0 fully saturated rings. The van der Waals surface area contributed by atoms with E-state index in [-0.39, 0.29) is 0 Å². The molecule has 0 spiro atoms. The third-order valence-electron chi connectivity index (χ3n) is 1.000. The van der Waals surface area contributed by atoms with E-state index in [4.69, 9.17) is 30.0 Å². The number of unbranched alkanes of at least 4 members (excludes halogenated alkanes) is 2. The Morgan fingerprint density at radius 1 is 0.625 bits per heavy atom. The van der Waals surface area contributed by atoms with Crippen LogP contribution >= 0.6 is 0 Å². The summed E-state index contributed by atoms with van der Waals surface area (Å²) in [4.78, 5) is 16.7. The molecule has 6 heteroatoms. The van der Waals surface area contributed by atoms with Crippen LogP contribution in [0.15, 0.2) is 0 Å². The molecular formula is C10H20O6-4. The van der Waals surface area contributed by atoms with Gasteiger partial charge in [0.15, 0.2) is 0 Å². The van der Waals surface area contributed by atoms with Gasteiger partial charge in [-0.25, -0.2) is 0 Å². The van der Waals surface area contributed by atoms with Gasteiger partial charge in [0, 0.05) is 0 Å². The molecule has 0 amide bonds. The van der Waals surface area contributed by atoms with Gasteiger partial charge >= 0.3 is 0 Å². The molecule has 0 heterocycles. The normalized spacial score (nSPS) is 6.75. The van der Waals surface area contributed by atoms with Crippen molar-refractivity contribution in [3.63, 3.8) is 0 Å². The van der Waals surface area contributed by atoms with Crippen LogP contribution in [0.25, 0.3) is 0 Å². The number of hydrogen-bond acceptors (Lipinski definition) is 6. The fourth-order valence-electron chi connectivity index (χ4n) is 0. The van der Waals surface area contributed by atoms with Crippen LogP contribution in [0.3, 0.4) is 0 Å². The summed E-state index contributed by atoms with van der Waals surface area (Å²) < 4.78 is 0. The molecule has 0 bridgehead atoms. The zero-order valence-electron chi connectivity index (χ0n) is 10.3. The highest BCUT2D eigenvalue weighted by Gasteiger charge is 1.56. The molecule has 0 N–H and O–H groups in total. The van der Waals surface area contributed by atoms with Gasteiger partial charge in [0.05, 0.1) is 0 Å². The maximum absolute atomic E-state index is 8.33. The Kier molecular flexibility index (Phi) is 43.8. The zero-order valence-corrected chi connectivity index (χ0v) is 10.3. The van der Waals surface area contributed by atoms with Gasteiger partial charge in [0.2, 0.25) is 0 Å². The minimum atomic E-state index is -2.33. The van der Waals surface area contributed by atoms with E-state index in [1.807, 2.05) is 0 Å². The number of hydrogen-bond donors (Lipinski definition) is 0. The van der Waals surface area contributed by atoms with E-state index < -0.39 is 12.3 Å². The summed E-state index contributed by atoms with van der Waals surface area (Å²) in [6, 6.07) is 0. The standard InChI is InChI=1S/2C4H10.2CH2O3/c2*1-3-4-2;2*2-1(3)4/h2*3-4H2,1-2H3;2*(H2,2,3,4)/p-4. The van der Waals surface area contributed by atoms with Gasteiger partial charge in [-0.15, -0.1) is 0 Å². The number of rotatable bonds is 2. The highest BCUT2D eigenvalue weighted by Crippen LogP contribution is 1.77. The maximum atomic E-state index is 8.33. The van der Waals surface area contributed by atoms with Crippen molar-refractivity contribution < 1.29 is 30.0 Å². The maximum Gasteiger partial charge on any atom is -0.0431 e. The fraction of sp³-hybridized carbons (Fsp3) is 0.800. The van der Waals surface area contributed by atoms with E-state index in [0.717, 1.165) is 0 Å². The van der Waals surface area contributed by atoms with Gasteiger partial charge < -0.3 is 30.0 Å². The van der Waals surface area contributed by atoms with Crippen molar-refractivity contribution >= 4 is 12.3 Å². The molecule has 0 aliphatic carbocycles. The Bertz CT molecular complexity index is 107. The van der Waals surface area contributed by atoms with Gasteiger partial charge in [-0.1, -0.05) is 53.4 Å². The van der Waals surface area contributed by atoms with Crippen LogP contribution in [0.4, 0.5) is 9.59 Å². The van der Waals surface area contributed by atoms with E-state index in [2.05, 4.69) is 27.7 Å². The van der Waals surface area contributed by atoms with Crippen LogP contribution in [0, 0.1) is 0 Å². The van der Waals surface area contributed by atoms with Crippen LogP contribution in [0.5, 0.6) is 0 Å². The second-order valence-corrected chi connectivity index (χ2v) is 2.50. The van der Waals surface area contributed by atoms with Gasteiger partial charge in [-0.2, -0.15) is 0 Å². The predicted octanol–water partition coefficient (Wildman–Crippen LogP) is -1.28. The van der Waals surface area contributed by atoms with Crippen molar-refractivity contribution in [1.29, 1.82) is 0 Å². The van der Waals surface area contributed by atoms with Crippen LogP contribution in [0.1, 0.15) is 53.4 Å². The molecule has 0 aromatic heterocycles. The van der Waals surface area contributed by atoms with Crippen molar-refractivity contribution in [2.75, 3.05) is 0 Å². The first kappa shape index (κ1) is 24.0. The summed E-state index contributed by atoms with van der Waals surface area (Å²) in [5.74, 6) is 0. The Balaban J connectivity index is -0.0000000600. The molecule has 0 atom stereocenters. The quantitative estimate of drug-likeness (QED) is 0.587. The van der Waals surface area contributed by atoms with Crippen molar-refractivity contribution in [2.24, 2.45) is 0 Å². The van der Waals surface area contributed by atoms with Crippen molar-refractivity contribution in [3.05, 3.63) is 0 Å². The fourth-order valence-corrected chi connectivity index (χ4v) is 0. The lowest BCUT2D eigenvalue weighted by Gasteiger charge is -1.96. The summed E-state index contributed by atoms with van der Waals surface area (Å²) in [6.07, 6.45) is 0.611. The second-order valence-electron chi connectivity index (χ2n) is 2.50. The van der Waals surface area contributed by atoms with Crippen LogP contribution in [0.2, 0.25) is 0 Å². The summed E-state index contributed by atoms with van der Waals surface area (Å²) in [6.45, 7) is 8.72. The SMILES string of the molecule is CCCC.CCCC.O=C([O-])[O-].O=C([O-])[O-]. The summed E-state index contributed by atoms with van der Waals surface area (Å²) in [7, 11) is 0. The van der Waals surface area contributed by atoms with Gasteiger partial charge in [-0.3, -0.25) is 0 Å². The van der Waals surface area contributed by atoms with Crippen molar-refractivity contribution in [2.45, 2.75) is 53.4 Å². The molecule has 0 saturated heterocycles. The van der Waals surface area contributed by atoms with Gasteiger partial charge in [0.1, 0.15) is 0 Å². The van der Waals surface area contributed by atoms with E-state index in [0.29, 0.717) is 0 Å². The summed E-state index contributed by atoms with van der Waals surface area (Å²) in [5.41, 5.74) is 0. The molecule has 16 heavy (non-hydrogen) atoms. The third kappa shape index (κ3) is 5730. The lowest BCUT2D eigenvalue weighted by atomic mass is 10.4. The second kappa shape index (κ2) is 29.2. The first-order valence-corrected chi connectivity index (χ1v) is 5.05. The molecule has 0 aromatic rings. The smallest absolute Gasteiger partial charge is 0.0431 e. The van der Waals surface area contributed by atoms with Crippen LogP contribution in [-0.4, -0.2) is 12.3 Å². The highest BCUT2D eigenvalue weighted by atomic mass is 16.6. The molecule has 0 rings (SSSR count). The van der Waals surface area contributed by atoms with E-state index in [9.17, 15) is 0 Å². The van der Waals surface area contributed by atoms with E-state index >= 15 is 0 Å². The topological polar surface area (TPSA) is 126 Å². The molecule has 6 nitrogen and oxygen atoms in total. The summed E-state index contributed by atoms with van der Waals surface area (Å²) >= 11 is 0. The van der Waals surface area contributed by atoms with Crippen molar-refractivity contribution in [1.82, 2.24) is 0 Å². The minimum Gasteiger partial charge on any atom is -0.652 e. The first-order chi connectivity index (χ1) is 7.29. The molecule has 0 unspecified atom stereocenters. The molecule has 0 radical (unpaired) electrons. The first-order valence-electron chi connectivity index (χ1n) is 5.05. The third-order valence-corrected chi connectivity index (χ3v) is 1.000. The molecule has 0 aliphatic rings. The van der Waals surface area contributed by atoms with E-state index in [1.54, 1.807) is 0 Å². The molecule has 0 aliphatic heterocycles. The predicted molar refractivity (Wildman–Crippen MR) is 52.0 cm³/mol. The molecule has 0 saturated carbocycles. The lowest BCUT2D eigenvalue weighted by Crippen LogP contribution is -2.37. The molecule has 0 aromatic carbocycles. The van der Waals surface area contributed by atoms with E-state index in [1.165, 1.54) is 25.7 Å². The van der Waals surface area contributed by atoms with Gasteiger partial charge in [0.25, 0.3) is 0 Å². The number of carbonyl (C=O) groups excluding carboxylic acids is 2. The Morgan fingerprint density at radius 3 is 0.688 bits per heavy atom. The largest absolute Gasteiger partial charge is 0.652 e. The Labute approximate surface area is 96.5 Å². The van der Waals surface area contributed by atoms with Crippen molar-refractivity contribution in [3.8, 4) is 0 Å². The Morgan fingerprint density at radius 2 is 0.688 bits per heavy atom. The Hall–Kier alpha value is -1.46. The minimum absolute atomic E-state index is 1.32. The average Bonchev–Trinajstić information content (AvgIpc) is 2.16. The average molecular weight is 236 g/mol. The van der Waals surface area contributed by atoms with Crippen LogP contribution < -0.4 is 20.4 Å². The molecule has 100 valence electrons.